The van der Waals surface area contributed by atoms with E-state index in [0.717, 1.165) is 4.47 Å². The number of rotatable bonds is 3. The third kappa shape index (κ3) is 3.75. The SMILES string of the molecule is O=C(Nc1ccc(Br)cn1)Oc1ccc([N+](=O)[O-])cc1. The van der Waals surface area contributed by atoms with Gasteiger partial charge in [0.25, 0.3) is 5.69 Å². The van der Waals surface area contributed by atoms with Gasteiger partial charge in [-0.15, -0.1) is 0 Å². The zero-order valence-corrected chi connectivity index (χ0v) is 11.5. The van der Waals surface area contributed by atoms with E-state index in [0.29, 0.717) is 5.82 Å². The number of non-ortho nitro benzene ring substituents is 1. The molecule has 0 radical (unpaired) electrons. The van der Waals surface area contributed by atoms with Crippen molar-refractivity contribution in [3.8, 4) is 5.75 Å². The van der Waals surface area contributed by atoms with Crippen molar-refractivity contribution in [2.24, 2.45) is 0 Å². The first-order valence-electron chi connectivity index (χ1n) is 5.39. The summed E-state index contributed by atoms with van der Waals surface area (Å²) in [7, 11) is 0. The number of hydrogen-bond acceptors (Lipinski definition) is 5. The van der Waals surface area contributed by atoms with Crippen LogP contribution in [0.25, 0.3) is 0 Å². The molecule has 20 heavy (non-hydrogen) atoms. The molecule has 1 aromatic heterocycles. The summed E-state index contributed by atoms with van der Waals surface area (Å²) in [5, 5.41) is 12.9. The molecule has 0 atom stereocenters. The van der Waals surface area contributed by atoms with E-state index in [9.17, 15) is 14.9 Å². The number of anilines is 1. The number of nitro groups is 1. The van der Waals surface area contributed by atoms with Crippen molar-refractivity contribution in [1.29, 1.82) is 0 Å². The summed E-state index contributed by atoms with van der Waals surface area (Å²) in [4.78, 5) is 25.5. The van der Waals surface area contributed by atoms with E-state index in [4.69, 9.17) is 4.74 Å². The van der Waals surface area contributed by atoms with Crippen LogP contribution in [0.5, 0.6) is 5.75 Å². The Bertz CT molecular complexity index is 628. The van der Waals surface area contributed by atoms with Crippen LogP contribution in [0.1, 0.15) is 0 Å². The minimum absolute atomic E-state index is 0.0765. The normalized spacial score (nSPS) is 9.85. The number of carbonyl (C=O) groups is 1. The Kier molecular flexibility index (Phi) is 4.26. The lowest BCUT2D eigenvalue weighted by Crippen LogP contribution is -2.17. The van der Waals surface area contributed by atoms with Gasteiger partial charge in [0.15, 0.2) is 0 Å². The van der Waals surface area contributed by atoms with Crippen molar-refractivity contribution >= 4 is 33.5 Å². The van der Waals surface area contributed by atoms with E-state index in [1.165, 1.54) is 30.5 Å². The van der Waals surface area contributed by atoms with Crippen LogP contribution >= 0.6 is 15.9 Å². The standard InChI is InChI=1S/C12H8BrN3O4/c13-8-1-6-11(14-7-8)15-12(17)20-10-4-2-9(3-5-10)16(18)19/h1-7H,(H,14,15,17). The van der Waals surface area contributed by atoms with Gasteiger partial charge in [0.1, 0.15) is 11.6 Å². The maximum absolute atomic E-state index is 11.6. The fourth-order valence-corrected chi connectivity index (χ4v) is 1.56. The molecule has 0 saturated heterocycles. The van der Waals surface area contributed by atoms with Gasteiger partial charge in [-0.2, -0.15) is 0 Å². The first kappa shape index (κ1) is 13.9. The fourth-order valence-electron chi connectivity index (χ4n) is 1.32. The number of ether oxygens (including phenoxy) is 1. The van der Waals surface area contributed by atoms with Gasteiger partial charge in [0, 0.05) is 22.8 Å². The molecule has 0 fully saturated rings. The molecule has 8 heteroatoms. The van der Waals surface area contributed by atoms with Crippen molar-refractivity contribution in [1.82, 2.24) is 4.98 Å². The lowest BCUT2D eigenvalue weighted by Gasteiger charge is -2.05. The number of nitro benzene ring substituents is 1. The van der Waals surface area contributed by atoms with Crippen molar-refractivity contribution in [2.45, 2.75) is 0 Å². The van der Waals surface area contributed by atoms with Gasteiger partial charge in [-0.3, -0.25) is 15.4 Å². The van der Waals surface area contributed by atoms with Crippen molar-refractivity contribution in [3.63, 3.8) is 0 Å². The molecule has 0 unspecified atom stereocenters. The average molecular weight is 338 g/mol. The van der Waals surface area contributed by atoms with Crippen LogP contribution < -0.4 is 10.1 Å². The third-order valence-corrected chi connectivity index (χ3v) is 2.68. The number of halogens is 1. The van der Waals surface area contributed by atoms with Crippen LogP contribution in [0.2, 0.25) is 0 Å². The summed E-state index contributed by atoms with van der Waals surface area (Å²) < 4.78 is 5.74. The Balaban J connectivity index is 1.97. The monoisotopic (exact) mass is 337 g/mol. The number of nitrogens with one attached hydrogen (secondary N) is 1. The minimum atomic E-state index is -0.728. The zero-order valence-electron chi connectivity index (χ0n) is 9.95. The third-order valence-electron chi connectivity index (χ3n) is 2.22. The number of nitrogens with zero attached hydrogens (tertiary/aromatic N) is 2. The van der Waals surface area contributed by atoms with E-state index >= 15 is 0 Å². The Morgan fingerprint density at radius 3 is 2.50 bits per heavy atom. The molecule has 0 bridgehead atoms. The fraction of sp³-hybridized carbons (Fsp3) is 0. The van der Waals surface area contributed by atoms with E-state index in [1.807, 2.05) is 0 Å². The average Bonchev–Trinajstić information content (AvgIpc) is 2.42. The molecule has 7 nitrogen and oxygen atoms in total. The van der Waals surface area contributed by atoms with E-state index < -0.39 is 11.0 Å². The van der Waals surface area contributed by atoms with Gasteiger partial charge in [0.05, 0.1) is 4.92 Å². The smallest absolute Gasteiger partial charge is 0.410 e. The van der Waals surface area contributed by atoms with Crippen LogP contribution in [-0.2, 0) is 0 Å². The van der Waals surface area contributed by atoms with Gasteiger partial charge in [0.2, 0.25) is 0 Å². The maximum atomic E-state index is 11.6. The van der Waals surface area contributed by atoms with Crippen molar-refractivity contribution in [3.05, 3.63) is 57.2 Å². The Morgan fingerprint density at radius 2 is 1.95 bits per heavy atom. The molecule has 0 aliphatic rings. The second kappa shape index (κ2) is 6.11. The predicted molar refractivity (Wildman–Crippen MR) is 74.7 cm³/mol. The number of hydrogen-bond donors (Lipinski definition) is 1. The summed E-state index contributed by atoms with van der Waals surface area (Å²) in [6, 6.07) is 8.50. The quantitative estimate of drug-likeness (QED) is 0.684. The van der Waals surface area contributed by atoms with Gasteiger partial charge in [-0.25, -0.2) is 9.78 Å². The van der Waals surface area contributed by atoms with Gasteiger partial charge >= 0.3 is 6.09 Å². The number of carbonyl (C=O) groups excluding carboxylic acids is 1. The molecule has 1 N–H and O–H groups in total. The number of aromatic nitrogens is 1. The zero-order chi connectivity index (χ0) is 14.5. The lowest BCUT2D eigenvalue weighted by molar-refractivity contribution is -0.384. The van der Waals surface area contributed by atoms with Crippen molar-refractivity contribution in [2.75, 3.05) is 5.32 Å². The van der Waals surface area contributed by atoms with Crippen LogP contribution in [-0.4, -0.2) is 16.0 Å². The number of amides is 1. The minimum Gasteiger partial charge on any atom is -0.410 e. The molecule has 2 rings (SSSR count). The summed E-state index contributed by atoms with van der Waals surface area (Å²) in [5.74, 6) is 0.533. The molecule has 0 aliphatic heterocycles. The topological polar surface area (TPSA) is 94.4 Å². The lowest BCUT2D eigenvalue weighted by atomic mass is 10.3. The van der Waals surface area contributed by atoms with Gasteiger partial charge in [-0.05, 0) is 40.2 Å². The second-order valence-corrected chi connectivity index (χ2v) is 4.54. The van der Waals surface area contributed by atoms with E-state index in [1.54, 1.807) is 12.1 Å². The summed E-state index contributed by atoms with van der Waals surface area (Å²) >= 11 is 3.22. The molecule has 1 amide bonds. The van der Waals surface area contributed by atoms with Crippen molar-refractivity contribution < 1.29 is 14.5 Å². The maximum Gasteiger partial charge on any atom is 0.418 e. The summed E-state index contributed by atoms with van der Waals surface area (Å²) in [5.41, 5.74) is -0.0765. The highest BCUT2D eigenvalue weighted by atomic mass is 79.9. The Labute approximate surface area is 121 Å². The van der Waals surface area contributed by atoms with E-state index in [2.05, 4.69) is 26.2 Å². The second-order valence-electron chi connectivity index (χ2n) is 3.63. The first-order valence-corrected chi connectivity index (χ1v) is 6.19. The predicted octanol–water partition coefficient (Wildman–Crippen LogP) is 3.36. The highest BCUT2D eigenvalue weighted by Crippen LogP contribution is 2.18. The van der Waals surface area contributed by atoms with Crippen LogP contribution in [0, 0.1) is 10.1 Å². The van der Waals surface area contributed by atoms with Crippen LogP contribution in [0.3, 0.4) is 0 Å². The molecule has 0 spiro atoms. The molecule has 0 aliphatic carbocycles. The number of benzene rings is 1. The number of pyridine rings is 1. The molecule has 2 aromatic rings. The van der Waals surface area contributed by atoms with E-state index in [-0.39, 0.29) is 11.4 Å². The molecular weight excluding hydrogens is 330 g/mol. The van der Waals surface area contributed by atoms with Gasteiger partial charge in [-0.1, -0.05) is 0 Å². The summed E-state index contributed by atoms with van der Waals surface area (Å²) in [6.07, 6.45) is 0.801. The largest absolute Gasteiger partial charge is 0.418 e. The summed E-state index contributed by atoms with van der Waals surface area (Å²) in [6.45, 7) is 0. The molecule has 0 saturated carbocycles. The Hall–Kier alpha value is -2.48. The highest BCUT2D eigenvalue weighted by Gasteiger charge is 2.08. The molecule has 102 valence electrons. The first-order chi connectivity index (χ1) is 9.54. The highest BCUT2D eigenvalue weighted by molar-refractivity contribution is 9.10. The van der Waals surface area contributed by atoms with Gasteiger partial charge < -0.3 is 4.74 Å². The molecular formula is C12H8BrN3O4. The van der Waals surface area contributed by atoms with Crippen LogP contribution in [0.15, 0.2) is 47.1 Å². The Morgan fingerprint density at radius 1 is 1.25 bits per heavy atom. The molecule has 1 heterocycles. The molecule has 1 aromatic carbocycles. The van der Waals surface area contributed by atoms with Crippen LogP contribution in [0.4, 0.5) is 16.3 Å².